The topological polar surface area (TPSA) is 49.3 Å². The molecule has 0 heterocycles. The van der Waals surface area contributed by atoms with Crippen molar-refractivity contribution >= 4 is 5.91 Å². The fourth-order valence-electron chi connectivity index (χ4n) is 2.62. The molecule has 2 rings (SSSR count). The fraction of sp³-hybridized carbons (Fsp3) is 0.562. The van der Waals surface area contributed by atoms with Crippen LogP contribution in [0.4, 0.5) is 0 Å². The first-order valence-corrected chi connectivity index (χ1v) is 7.15. The Bertz CT molecular complexity index is 405. The molecule has 104 valence electrons. The summed E-state index contributed by atoms with van der Waals surface area (Å²) in [6.07, 6.45) is 4.39. The van der Waals surface area contributed by atoms with Crippen LogP contribution in [-0.2, 0) is 17.9 Å². The lowest BCUT2D eigenvalue weighted by Crippen LogP contribution is -2.32. The van der Waals surface area contributed by atoms with E-state index >= 15 is 0 Å². The molecule has 1 fully saturated rings. The Kier molecular flexibility index (Phi) is 4.97. The van der Waals surface area contributed by atoms with E-state index in [-0.39, 0.29) is 18.4 Å². The zero-order valence-electron chi connectivity index (χ0n) is 11.6. The van der Waals surface area contributed by atoms with Crippen molar-refractivity contribution in [2.75, 3.05) is 0 Å². The summed E-state index contributed by atoms with van der Waals surface area (Å²) < 4.78 is 0. The second kappa shape index (κ2) is 6.71. The molecule has 0 bridgehead atoms. The molecule has 0 radical (unpaired) electrons. The SMILES string of the molecule is CC1CCC(C(=O)NCc2ccc(CO)cc2)CC1. The van der Waals surface area contributed by atoms with Gasteiger partial charge >= 0.3 is 0 Å². The predicted octanol–water partition coefficient (Wildman–Crippen LogP) is 2.62. The van der Waals surface area contributed by atoms with Gasteiger partial charge < -0.3 is 10.4 Å². The summed E-state index contributed by atoms with van der Waals surface area (Å²) in [4.78, 5) is 12.1. The summed E-state index contributed by atoms with van der Waals surface area (Å²) in [5, 5.41) is 12.0. The van der Waals surface area contributed by atoms with Crippen molar-refractivity contribution in [2.45, 2.75) is 45.8 Å². The molecular formula is C16H23NO2. The van der Waals surface area contributed by atoms with Gasteiger partial charge in [-0.15, -0.1) is 0 Å². The van der Waals surface area contributed by atoms with E-state index in [0.29, 0.717) is 6.54 Å². The Balaban J connectivity index is 1.79. The maximum absolute atomic E-state index is 12.1. The van der Waals surface area contributed by atoms with Crippen LogP contribution in [0.1, 0.15) is 43.7 Å². The Morgan fingerprint density at radius 2 is 1.74 bits per heavy atom. The van der Waals surface area contributed by atoms with Crippen molar-refractivity contribution in [3.05, 3.63) is 35.4 Å². The first-order chi connectivity index (χ1) is 9.19. The molecule has 1 saturated carbocycles. The van der Waals surface area contributed by atoms with Gasteiger partial charge in [0.15, 0.2) is 0 Å². The number of amides is 1. The molecule has 0 aliphatic heterocycles. The molecule has 1 aliphatic rings. The van der Waals surface area contributed by atoms with Crippen molar-refractivity contribution in [3.8, 4) is 0 Å². The standard InChI is InChI=1S/C16H23NO2/c1-12-2-8-15(9-3-12)16(19)17-10-13-4-6-14(11-18)7-5-13/h4-7,12,15,18H,2-3,8-11H2,1H3,(H,17,19). The van der Waals surface area contributed by atoms with E-state index in [9.17, 15) is 4.79 Å². The molecule has 0 saturated heterocycles. The van der Waals surface area contributed by atoms with Gasteiger partial charge in [-0.2, -0.15) is 0 Å². The van der Waals surface area contributed by atoms with Crippen molar-refractivity contribution in [3.63, 3.8) is 0 Å². The van der Waals surface area contributed by atoms with Crippen LogP contribution in [0.5, 0.6) is 0 Å². The molecule has 0 atom stereocenters. The van der Waals surface area contributed by atoms with Crippen LogP contribution in [0.3, 0.4) is 0 Å². The Hall–Kier alpha value is -1.35. The van der Waals surface area contributed by atoms with Crippen LogP contribution >= 0.6 is 0 Å². The van der Waals surface area contributed by atoms with Crippen molar-refractivity contribution in [2.24, 2.45) is 11.8 Å². The molecule has 2 N–H and O–H groups in total. The first-order valence-electron chi connectivity index (χ1n) is 7.15. The van der Waals surface area contributed by atoms with E-state index in [2.05, 4.69) is 12.2 Å². The lowest BCUT2D eigenvalue weighted by atomic mass is 9.82. The lowest BCUT2D eigenvalue weighted by Gasteiger charge is -2.25. The molecule has 0 unspecified atom stereocenters. The number of hydrogen-bond acceptors (Lipinski definition) is 2. The number of nitrogens with one attached hydrogen (secondary N) is 1. The molecule has 3 nitrogen and oxygen atoms in total. The highest BCUT2D eigenvalue weighted by molar-refractivity contribution is 5.78. The number of carbonyl (C=O) groups excluding carboxylic acids is 1. The van der Waals surface area contributed by atoms with E-state index in [0.717, 1.165) is 29.9 Å². The minimum Gasteiger partial charge on any atom is -0.392 e. The van der Waals surface area contributed by atoms with Crippen LogP contribution in [0.25, 0.3) is 0 Å². The van der Waals surface area contributed by atoms with Gasteiger partial charge in [-0.25, -0.2) is 0 Å². The quantitative estimate of drug-likeness (QED) is 0.875. The first kappa shape index (κ1) is 14.1. The molecule has 1 aromatic carbocycles. The Morgan fingerprint density at radius 1 is 1.16 bits per heavy atom. The van der Waals surface area contributed by atoms with Gasteiger partial charge in [0, 0.05) is 12.5 Å². The molecule has 0 spiro atoms. The largest absolute Gasteiger partial charge is 0.392 e. The van der Waals surface area contributed by atoms with E-state index in [1.165, 1.54) is 12.8 Å². The Morgan fingerprint density at radius 3 is 2.32 bits per heavy atom. The minimum atomic E-state index is 0.0624. The third-order valence-electron chi connectivity index (χ3n) is 4.06. The van der Waals surface area contributed by atoms with E-state index in [1.807, 2.05) is 24.3 Å². The third-order valence-corrected chi connectivity index (χ3v) is 4.06. The van der Waals surface area contributed by atoms with E-state index in [1.54, 1.807) is 0 Å². The number of benzene rings is 1. The van der Waals surface area contributed by atoms with Gasteiger partial charge in [0.25, 0.3) is 0 Å². The maximum atomic E-state index is 12.1. The molecule has 1 aromatic rings. The van der Waals surface area contributed by atoms with Gasteiger partial charge in [0.2, 0.25) is 5.91 Å². The summed E-state index contributed by atoms with van der Waals surface area (Å²) in [5.41, 5.74) is 1.98. The second-order valence-corrected chi connectivity index (χ2v) is 5.65. The number of carbonyl (C=O) groups is 1. The summed E-state index contributed by atoms with van der Waals surface area (Å²) in [5.74, 6) is 1.17. The highest BCUT2D eigenvalue weighted by atomic mass is 16.3. The maximum Gasteiger partial charge on any atom is 0.223 e. The summed E-state index contributed by atoms with van der Waals surface area (Å²) in [6.45, 7) is 2.90. The molecule has 0 aromatic heterocycles. The van der Waals surface area contributed by atoms with Crippen molar-refractivity contribution in [1.29, 1.82) is 0 Å². The van der Waals surface area contributed by atoms with Gasteiger partial charge in [0.1, 0.15) is 0 Å². The fourth-order valence-corrected chi connectivity index (χ4v) is 2.62. The van der Waals surface area contributed by atoms with Gasteiger partial charge in [0.05, 0.1) is 6.61 Å². The highest BCUT2D eigenvalue weighted by Crippen LogP contribution is 2.28. The zero-order chi connectivity index (χ0) is 13.7. The van der Waals surface area contributed by atoms with Gasteiger partial charge in [-0.3, -0.25) is 4.79 Å². The third kappa shape index (κ3) is 4.06. The molecular weight excluding hydrogens is 238 g/mol. The second-order valence-electron chi connectivity index (χ2n) is 5.65. The number of aliphatic hydroxyl groups is 1. The Labute approximate surface area is 115 Å². The summed E-state index contributed by atoms with van der Waals surface area (Å²) in [7, 11) is 0. The predicted molar refractivity (Wildman–Crippen MR) is 75.3 cm³/mol. The van der Waals surface area contributed by atoms with E-state index in [4.69, 9.17) is 5.11 Å². The van der Waals surface area contributed by atoms with E-state index < -0.39 is 0 Å². The van der Waals surface area contributed by atoms with Crippen molar-refractivity contribution < 1.29 is 9.90 Å². The van der Waals surface area contributed by atoms with Crippen LogP contribution in [-0.4, -0.2) is 11.0 Å². The normalized spacial score (nSPS) is 23.1. The smallest absolute Gasteiger partial charge is 0.223 e. The van der Waals surface area contributed by atoms with Crippen LogP contribution in [0.15, 0.2) is 24.3 Å². The van der Waals surface area contributed by atoms with Crippen LogP contribution in [0, 0.1) is 11.8 Å². The molecule has 1 amide bonds. The number of aliphatic hydroxyl groups excluding tert-OH is 1. The average molecular weight is 261 g/mol. The summed E-state index contributed by atoms with van der Waals surface area (Å²) in [6, 6.07) is 7.69. The summed E-state index contributed by atoms with van der Waals surface area (Å²) >= 11 is 0. The number of hydrogen-bond donors (Lipinski definition) is 2. The zero-order valence-corrected chi connectivity index (χ0v) is 11.6. The highest BCUT2D eigenvalue weighted by Gasteiger charge is 2.23. The van der Waals surface area contributed by atoms with Crippen LogP contribution < -0.4 is 5.32 Å². The minimum absolute atomic E-state index is 0.0624. The van der Waals surface area contributed by atoms with Gasteiger partial charge in [-0.1, -0.05) is 31.2 Å². The van der Waals surface area contributed by atoms with Crippen molar-refractivity contribution in [1.82, 2.24) is 5.32 Å². The molecule has 1 aliphatic carbocycles. The average Bonchev–Trinajstić information content (AvgIpc) is 2.46. The lowest BCUT2D eigenvalue weighted by molar-refractivity contribution is -0.126. The monoisotopic (exact) mass is 261 g/mol. The molecule has 3 heteroatoms. The van der Waals surface area contributed by atoms with Gasteiger partial charge in [-0.05, 0) is 42.7 Å². The van der Waals surface area contributed by atoms with Crippen LogP contribution in [0.2, 0.25) is 0 Å². The molecule has 19 heavy (non-hydrogen) atoms. The number of rotatable bonds is 4.